The zero-order valence-electron chi connectivity index (χ0n) is 11.4. The van der Waals surface area contributed by atoms with Crippen molar-refractivity contribution in [1.82, 2.24) is 20.1 Å². The highest BCUT2D eigenvalue weighted by Gasteiger charge is 2.28. The number of aryl methyl sites for hydroxylation is 1. The van der Waals surface area contributed by atoms with Gasteiger partial charge in [-0.1, -0.05) is 13.8 Å². The minimum absolute atomic E-state index is 0.654. The Balaban J connectivity index is 1.92. The van der Waals surface area contributed by atoms with Crippen LogP contribution in [-0.4, -0.2) is 38.9 Å². The Kier molecular flexibility index (Phi) is 5.50. The third kappa shape index (κ3) is 3.48. The molecule has 0 bridgehead atoms. The molecule has 1 aromatic heterocycles. The second-order valence-electron chi connectivity index (χ2n) is 4.96. The van der Waals surface area contributed by atoms with Crippen molar-refractivity contribution in [3.05, 3.63) is 12.2 Å². The minimum atomic E-state index is 0.654. The van der Waals surface area contributed by atoms with Crippen LogP contribution < -0.4 is 5.32 Å². The molecule has 0 radical (unpaired) electrons. The molecule has 0 saturated carbocycles. The standard InChI is InChI=1S/C13H24N4S/c1-3-5-14-12-9-18-8-11(12)7-13-15-10-16-17(13)6-4-2/h10-12,14H,3-9H2,1-2H3. The van der Waals surface area contributed by atoms with Crippen molar-refractivity contribution in [3.8, 4) is 0 Å². The summed E-state index contributed by atoms with van der Waals surface area (Å²) in [5.41, 5.74) is 0. The molecule has 1 aromatic rings. The SMILES string of the molecule is CCCNC1CSCC1Cc1ncnn1CCC. The summed E-state index contributed by atoms with van der Waals surface area (Å²) in [7, 11) is 0. The van der Waals surface area contributed by atoms with Crippen LogP contribution in [0, 0.1) is 5.92 Å². The zero-order valence-corrected chi connectivity index (χ0v) is 12.2. The summed E-state index contributed by atoms with van der Waals surface area (Å²) >= 11 is 2.06. The van der Waals surface area contributed by atoms with E-state index in [2.05, 4.69) is 45.7 Å². The highest BCUT2D eigenvalue weighted by molar-refractivity contribution is 7.99. The molecule has 1 fully saturated rings. The van der Waals surface area contributed by atoms with Gasteiger partial charge in [0.05, 0.1) is 0 Å². The number of rotatable bonds is 7. The van der Waals surface area contributed by atoms with Gasteiger partial charge in [0.1, 0.15) is 12.2 Å². The van der Waals surface area contributed by atoms with Crippen LogP contribution in [0.2, 0.25) is 0 Å². The predicted octanol–water partition coefficient (Wildman–Crippen LogP) is 1.96. The Bertz CT molecular complexity index is 353. The molecule has 1 aliphatic heterocycles. The van der Waals surface area contributed by atoms with E-state index in [1.54, 1.807) is 6.33 Å². The molecule has 2 atom stereocenters. The molecule has 1 N–H and O–H groups in total. The third-order valence-corrected chi connectivity index (χ3v) is 4.69. The maximum absolute atomic E-state index is 4.43. The Morgan fingerprint density at radius 2 is 2.28 bits per heavy atom. The molecule has 18 heavy (non-hydrogen) atoms. The van der Waals surface area contributed by atoms with E-state index >= 15 is 0 Å². The van der Waals surface area contributed by atoms with E-state index in [-0.39, 0.29) is 0 Å². The van der Waals surface area contributed by atoms with Crippen LogP contribution in [0.25, 0.3) is 0 Å². The van der Waals surface area contributed by atoms with Crippen molar-refractivity contribution in [2.24, 2.45) is 5.92 Å². The van der Waals surface area contributed by atoms with E-state index in [0.29, 0.717) is 12.0 Å². The average molecular weight is 268 g/mol. The van der Waals surface area contributed by atoms with Gasteiger partial charge >= 0.3 is 0 Å². The molecule has 1 aliphatic rings. The predicted molar refractivity (Wildman–Crippen MR) is 76.9 cm³/mol. The lowest BCUT2D eigenvalue weighted by Crippen LogP contribution is -2.37. The van der Waals surface area contributed by atoms with Crippen LogP contribution in [0.1, 0.15) is 32.5 Å². The summed E-state index contributed by atoms with van der Waals surface area (Å²) in [5.74, 6) is 4.36. The summed E-state index contributed by atoms with van der Waals surface area (Å²) in [6.07, 6.45) is 5.09. The van der Waals surface area contributed by atoms with Gasteiger partial charge in [-0.15, -0.1) is 0 Å². The monoisotopic (exact) mass is 268 g/mol. The Hall–Kier alpha value is -0.550. The van der Waals surface area contributed by atoms with Crippen molar-refractivity contribution in [2.45, 2.75) is 45.7 Å². The lowest BCUT2D eigenvalue weighted by molar-refractivity contribution is 0.408. The zero-order chi connectivity index (χ0) is 12.8. The first-order valence-electron chi connectivity index (χ1n) is 7.03. The first kappa shape index (κ1) is 13.9. The van der Waals surface area contributed by atoms with Gasteiger partial charge in [0.15, 0.2) is 0 Å². The first-order valence-corrected chi connectivity index (χ1v) is 8.18. The summed E-state index contributed by atoms with van der Waals surface area (Å²) in [4.78, 5) is 4.43. The van der Waals surface area contributed by atoms with Crippen LogP contribution >= 0.6 is 11.8 Å². The molecular weight excluding hydrogens is 244 g/mol. The van der Waals surface area contributed by atoms with Crippen molar-refractivity contribution < 1.29 is 0 Å². The van der Waals surface area contributed by atoms with Gasteiger partial charge in [-0.25, -0.2) is 4.98 Å². The summed E-state index contributed by atoms with van der Waals surface area (Å²) in [6.45, 7) is 6.52. The van der Waals surface area contributed by atoms with Gasteiger partial charge in [0.25, 0.3) is 0 Å². The van der Waals surface area contributed by atoms with Gasteiger partial charge in [-0.3, -0.25) is 4.68 Å². The fourth-order valence-corrected chi connectivity index (χ4v) is 3.87. The molecule has 5 heteroatoms. The maximum atomic E-state index is 4.43. The second kappa shape index (κ2) is 7.14. The van der Waals surface area contributed by atoms with Crippen LogP contribution in [0.3, 0.4) is 0 Å². The Morgan fingerprint density at radius 3 is 3.06 bits per heavy atom. The first-order chi connectivity index (χ1) is 8.85. The third-order valence-electron chi connectivity index (χ3n) is 3.43. The number of hydrogen-bond acceptors (Lipinski definition) is 4. The Morgan fingerprint density at radius 1 is 1.39 bits per heavy atom. The molecule has 102 valence electrons. The van der Waals surface area contributed by atoms with Crippen molar-refractivity contribution in [3.63, 3.8) is 0 Å². The van der Waals surface area contributed by atoms with E-state index in [1.807, 2.05) is 0 Å². The largest absolute Gasteiger partial charge is 0.313 e. The number of nitrogens with zero attached hydrogens (tertiary/aromatic N) is 3. The van der Waals surface area contributed by atoms with Gasteiger partial charge < -0.3 is 5.32 Å². The van der Waals surface area contributed by atoms with E-state index in [9.17, 15) is 0 Å². The quantitative estimate of drug-likeness (QED) is 0.821. The highest BCUT2D eigenvalue weighted by atomic mass is 32.2. The summed E-state index contributed by atoms with van der Waals surface area (Å²) < 4.78 is 2.07. The number of hydrogen-bond donors (Lipinski definition) is 1. The van der Waals surface area contributed by atoms with E-state index in [0.717, 1.165) is 31.8 Å². The van der Waals surface area contributed by atoms with Crippen LogP contribution in [0.15, 0.2) is 6.33 Å². The summed E-state index contributed by atoms with van der Waals surface area (Å²) in [6, 6.07) is 0.654. The smallest absolute Gasteiger partial charge is 0.138 e. The lowest BCUT2D eigenvalue weighted by atomic mass is 9.99. The van der Waals surface area contributed by atoms with E-state index in [4.69, 9.17) is 0 Å². The average Bonchev–Trinajstić information content (AvgIpc) is 2.98. The molecule has 1 saturated heterocycles. The molecular formula is C13H24N4S. The lowest BCUT2D eigenvalue weighted by Gasteiger charge is -2.19. The van der Waals surface area contributed by atoms with Crippen LogP contribution in [0.4, 0.5) is 0 Å². The van der Waals surface area contributed by atoms with E-state index in [1.165, 1.54) is 17.9 Å². The highest BCUT2D eigenvalue weighted by Crippen LogP contribution is 2.26. The number of nitrogens with one attached hydrogen (secondary N) is 1. The molecule has 0 spiro atoms. The fraction of sp³-hybridized carbons (Fsp3) is 0.846. The van der Waals surface area contributed by atoms with Crippen molar-refractivity contribution >= 4 is 11.8 Å². The molecule has 0 aromatic carbocycles. The summed E-state index contributed by atoms with van der Waals surface area (Å²) in [5, 5.41) is 7.98. The topological polar surface area (TPSA) is 42.7 Å². The van der Waals surface area contributed by atoms with Gasteiger partial charge in [-0.05, 0) is 31.1 Å². The fourth-order valence-electron chi connectivity index (χ4n) is 2.43. The maximum Gasteiger partial charge on any atom is 0.138 e. The van der Waals surface area contributed by atoms with Crippen LogP contribution in [0.5, 0.6) is 0 Å². The number of thioether (sulfide) groups is 1. The Labute approximate surface area is 114 Å². The van der Waals surface area contributed by atoms with Gasteiger partial charge in [0, 0.05) is 24.8 Å². The number of aromatic nitrogens is 3. The van der Waals surface area contributed by atoms with Crippen molar-refractivity contribution in [2.75, 3.05) is 18.1 Å². The van der Waals surface area contributed by atoms with Crippen LogP contribution in [-0.2, 0) is 13.0 Å². The normalized spacial score (nSPS) is 23.7. The van der Waals surface area contributed by atoms with Gasteiger partial charge in [-0.2, -0.15) is 16.9 Å². The molecule has 2 unspecified atom stereocenters. The van der Waals surface area contributed by atoms with Crippen molar-refractivity contribution in [1.29, 1.82) is 0 Å². The molecule has 0 amide bonds. The molecule has 0 aliphatic carbocycles. The molecule has 4 nitrogen and oxygen atoms in total. The van der Waals surface area contributed by atoms with Gasteiger partial charge in [0.2, 0.25) is 0 Å². The molecule has 2 rings (SSSR count). The molecule has 2 heterocycles. The second-order valence-corrected chi connectivity index (χ2v) is 6.04. The minimum Gasteiger partial charge on any atom is -0.313 e. The van der Waals surface area contributed by atoms with E-state index < -0.39 is 0 Å².